The highest BCUT2D eigenvalue weighted by Gasteiger charge is 2.28. The molecule has 6 heteroatoms. The standard InChI is InChI=1S/C20H11BrO5/c21-16-6-2-1-5-14(16)20(23)25-13-7-8-15-17(11-13)26-18(19(15)22)10-12-4-3-9-24-12/h1-11H. The monoisotopic (exact) mass is 410 g/mol. The number of carbonyl (C=O) groups is 2. The maximum atomic E-state index is 12.4. The number of hydrogen-bond donors (Lipinski definition) is 0. The van der Waals surface area contributed by atoms with Crippen LogP contribution in [0.4, 0.5) is 0 Å². The molecule has 2 aromatic carbocycles. The van der Waals surface area contributed by atoms with Crippen molar-refractivity contribution in [2.45, 2.75) is 0 Å². The topological polar surface area (TPSA) is 65.7 Å². The molecule has 2 heterocycles. The van der Waals surface area contributed by atoms with Crippen molar-refractivity contribution in [2.24, 2.45) is 0 Å². The predicted octanol–water partition coefficient (Wildman–Crippen LogP) is 4.88. The molecule has 1 aliphatic heterocycles. The van der Waals surface area contributed by atoms with Gasteiger partial charge in [-0.05, 0) is 52.3 Å². The Labute approximate surface area is 157 Å². The molecule has 1 aromatic heterocycles. The van der Waals surface area contributed by atoms with E-state index in [0.717, 1.165) is 0 Å². The molecule has 3 aromatic rings. The Kier molecular flexibility index (Phi) is 4.18. The number of benzene rings is 2. The molecular formula is C20H11BrO5. The maximum absolute atomic E-state index is 12.4. The molecular weight excluding hydrogens is 400 g/mol. The molecule has 0 saturated heterocycles. The number of ether oxygens (including phenoxy) is 2. The number of allylic oxidation sites excluding steroid dienone is 1. The van der Waals surface area contributed by atoms with Crippen molar-refractivity contribution in [2.75, 3.05) is 0 Å². The summed E-state index contributed by atoms with van der Waals surface area (Å²) in [4.78, 5) is 24.7. The number of carbonyl (C=O) groups excluding carboxylic acids is 2. The highest BCUT2D eigenvalue weighted by Crippen LogP contribution is 2.35. The van der Waals surface area contributed by atoms with Crippen LogP contribution in [0.25, 0.3) is 6.08 Å². The van der Waals surface area contributed by atoms with Crippen molar-refractivity contribution in [1.82, 2.24) is 0 Å². The summed E-state index contributed by atoms with van der Waals surface area (Å²) in [6, 6.07) is 15.1. The van der Waals surface area contributed by atoms with Crippen LogP contribution in [0.5, 0.6) is 11.5 Å². The number of ketones is 1. The van der Waals surface area contributed by atoms with Crippen LogP contribution < -0.4 is 9.47 Å². The minimum Gasteiger partial charge on any atom is -0.465 e. The Hall–Kier alpha value is -3.12. The van der Waals surface area contributed by atoms with Crippen LogP contribution >= 0.6 is 15.9 Å². The summed E-state index contributed by atoms with van der Waals surface area (Å²) in [7, 11) is 0. The fraction of sp³-hybridized carbons (Fsp3) is 0. The smallest absolute Gasteiger partial charge is 0.344 e. The first-order valence-corrected chi connectivity index (χ1v) is 8.49. The largest absolute Gasteiger partial charge is 0.465 e. The predicted molar refractivity (Wildman–Crippen MR) is 97.2 cm³/mol. The third-order valence-corrected chi connectivity index (χ3v) is 4.45. The average molecular weight is 411 g/mol. The fourth-order valence-electron chi connectivity index (χ4n) is 2.52. The minimum atomic E-state index is -0.506. The molecule has 0 radical (unpaired) electrons. The summed E-state index contributed by atoms with van der Waals surface area (Å²) < 4.78 is 16.8. The normalized spacial score (nSPS) is 14.2. The molecule has 0 aliphatic carbocycles. The molecule has 1 aliphatic rings. The van der Waals surface area contributed by atoms with Crippen molar-refractivity contribution in [3.8, 4) is 11.5 Å². The van der Waals surface area contributed by atoms with Gasteiger partial charge in [0, 0.05) is 16.6 Å². The molecule has 0 N–H and O–H groups in total. The molecule has 0 atom stereocenters. The summed E-state index contributed by atoms with van der Waals surface area (Å²) >= 11 is 3.32. The lowest BCUT2D eigenvalue weighted by Crippen LogP contribution is -2.09. The van der Waals surface area contributed by atoms with Crippen molar-refractivity contribution in [3.63, 3.8) is 0 Å². The van der Waals surface area contributed by atoms with Crippen LogP contribution in [0.1, 0.15) is 26.5 Å². The molecule has 0 amide bonds. The second-order valence-electron chi connectivity index (χ2n) is 5.48. The SMILES string of the molecule is O=C(Oc1ccc2c(c1)OC(=Cc1ccco1)C2=O)c1ccccc1Br. The zero-order chi connectivity index (χ0) is 18.1. The van der Waals surface area contributed by atoms with E-state index in [1.165, 1.54) is 18.4 Å². The molecule has 5 nitrogen and oxygen atoms in total. The van der Waals surface area contributed by atoms with Crippen LogP contribution in [0.15, 0.2) is 75.5 Å². The number of esters is 1. The Morgan fingerprint density at radius 3 is 2.69 bits per heavy atom. The molecule has 128 valence electrons. The minimum absolute atomic E-state index is 0.157. The van der Waals surface area contributed by atoms with Gasteiger partial charge in [-0.2, -0.15) is 0 Å². The number of halogens is 1. The first-order valence-electron chi connectivity index (χ1n) is 7.70. The zero-order valence-corrected chi connectivity index (χ0v) is 14.9. The van der Waals surface area contributed by atoms with Crippen molar-refractivity contribution >= 4 is 33.8 Å². The second-order valence-corrected chi connectivity index (χ2v) is 6.34. The van der Waals surface area contributed by atoms with Crippen molar-refractivity contribution in [3.05, 3.63) is 88.0 Å². The Morgan fingerprint density at radius 1 is 1.08 bits per heavy atom. The van der Waals surface area contributed by atoms with E-state index in [0.29, 0.717) is 27.1 Å². The van der Waals surface area contributed by atoms with Gasteiger partial charge in [-0.1, -0.05) is 12.1 Å². The highest BCUT2D eigenvalue weighted by molar-refractivity contribution is 9.10. The number of rotatable bonds is 3. The second kappa shape index (κ2) is 6.65. The lowest BCUT2D eigenvalue weighted by atomic mass is 10.1. The molecule has 0 bridgehead atoms. The number of fused-ring (bicyclic) bond motifs is 1. The van der Waals surface area contributed by atoms with Gasteiger partial charge >= 0.3 is 5.97 Å². The van der Waals surface area contributed by atoms with Crippen LogP contribution in [0.3, 0.4) is 0 Å². The summed E-state index contributed by atoms with van der Waals surface area (Å²) in [6.45, 7) is 0. The van der Waals surface area contributed by atoms with Gasteiger partial charge in [-0.15, -0.1) is 0 Å². The maximum Gasteiger partial charge on any atom is 0.344 e. The summed E-state index contributed by atoms with van der Waals surface area (Å²) in [5, 5.41) is 0. The molecule has 0 unspecified atom stereocenters. The van der Waals surface area contributed by atoms with E-state index < -0.39 is 5.97 Å². The molecule has 26 heavy (non-hydrogen) atoms. The van der Waals surface area contributed by atoms with E-state index >= 15 is 0 Å². The fourth-order valence-corrected chi connectivity index (χ4v) is 2.97. The zero-order valence-electron chi connectivity index (χ0n) is 13.3. The van der Waals surface area contributed by atoms with Gasteiger partial charge in [-0.3, -0.25) is 4.79 Å². The van der Waals surface area contributed by atoms with E-state index in [1.54, 1.807) is 42.5 Å². The lowest BCUT2D eigenvalue weighted by Gasteiger charge is -2.06. The van der Waals surface area contributed by atoms with Gasteiger partial charge in [0.2, 0.25) is 5.78 Å². The Balaban J connectivity index is 1.57. The first-order chi connectivity index (χ1) is 12.6. The van der Waals surface area contributed by atoms with E-state index in [2.05, 4.69) is 15.9 Å². The Bertz CT molecular complexity index is 1030. The number of hydrogen-bond acceptors (Lipinski definition) is 5. The Morgan fingerprint density at radius 2 is 1.92 bits per heavy atom. The number of Topliss-reactive ketones (excluding diaryl/α,β-unsaturated/α-hetero) is 1. The van der Waals surface area contributed by atoms with Crippen LogP contribution in [-0.4, -0.2) is 11.8 Å². The van der Waals surface area contributed by atoms with E-state index in [4.69, 9.17) is 13.9 Å². The third-order valence-electron chi connectivity index (χ3n) is 3.76. The van der Waals surface area contributed by atoms with Crippen LogP contribution in [-0.2, 0) is 0 Å². The number of furan rings is 1. The molecule has 0 saturated carbocycles. The third kappa shape index (κ3) is 3.07. The molecule has 0 spiro atoms. The average Bonchev–Trinajstić information content (AvgIpc) is 3.24. The van der Waals surface area contributed by atoms with Gasteiger partial charge < -0.3 is 13.9 Å². The van der Waals surface area contributed by atoms with Gasteiger partial charge in [0.05, 0.1) is 17.4 Å². The van der Waals surface area contributed by atoms with Gasteiger partial charge in [-0.25, -0.2) is 4.79 Å². The lowest BCUT2D eigenvalue weighted by molar-refractivity contribution is 0.0733. The molecule has 4 rings (SSSR count). The summed E-state index contributed by atoms with van der Waals surface area (Å²) in [5.41, 5.74) is 0.812. The van der Waals surface area contributed by atoms with Gasteiger partial charge in [0.1, 0.15) is 17.3 Å². The van der Waals surface area contributed by atoms with Gasteiger partial charge in [0.15, 0.2) is 5.76 Å². The van der Waals surface area contributed by atoms with E-state index in [9.17, 15) is 9.59 Å². The van der Waals surface area contributed by atoms with Gasteiger partial charge in [0.25, 0.3) is 0 Å². The van der Waals surface area contributed by atoms with E-state index in [-0.39, 0.29) is 17.3 Å². The highest BCUT2D eigenvalue weighted by atomic mass is 79.9. The van der Waals surface area contributed by atoms with Crippen LogP contribution in [0, 0.1) is 0 Å². The van der Waals surface area contributed by atoms with Crippen molar-refractivity contribution < 1.29 is 23.5 Å². The summed E-state index contributed by atoms with van der Waals surface area (Å²) in [5.74, 6) is 0.543. The summed E-state index contributed by atoms with van der Waals surface area (Å²) in [6.07, 6.45) is 3.04. The molecule has 0 fully saturated rings. The van der Waals surface area contributed by atoms with Crippen LogP contribution in [0.2, 0.25) is 0 Å². The van der Waals surface area contributed by atoms with E-state index in [1.807, 2.05) is 6.07 Å². The van der Waals surface area contributed by atoms with Crippen molar-refractivity contribution in [1.29, 1.82) is 0 Å². The quantitative estimate of drug-likeness (QED) is 0.349. The first kappa shape index (κ1) is 16.4.